The number of likely N-dealkylation sites (N-methyl/N-ethyl adjacent to an activating group) is 1. The normalized spacial score (nSPS) is 30.0. The summed E-state index contributed by atoms with van der Waals surface area (Å²) < 4.78 is 0. The Hall–Kier alpha value is -1.36. The second kappa shape index (κ2) is 5.79. The number of likely N-dealkylation sites (tertiary alicyclic amines) is 1. The molecule has 0 radical (unpaired) electrons. The second-order valence-electron chi connectivity index (χ2n) is 6.71. The van der Waals surface area contributed by atoms with E-state index in [1.165, 1.54) is 0 Å². The molecule has 2 aliphatic rings. The van der Waals surface area contributed by atoms with E-state index in [1.807, 2.05) is 18.1 Å². The lowest BCUT2D eigenvalue weighted by Crippen LogP contribution is -2.49. The van der Waals surface area contributed by atoms with Crippen LogP contribution in [0.2, 0.25) is 0 Å². The number of nitrogens with zero attached hydrogens (tertiary/aromatic N) is 3. The number of aromatic amines is 1. The van der Waals surface area contributed by atoms with Crippen LogP contribution >= 0.6 is 0 Å². The van der Waals surface area contributed by atoms with Gasteiger partial charge >= 0.3 is 0 Å². The summed E-state index contributed by atoms with van der Waals surface area (Å²) in [6.45, 7) is 3.32. The zero-order valence-corrected chi connectivity index (χ0v) is 13.3. The maximum absolute atomic E-state index is 12.9. The number of carbonyl (C=O) groups is 1. The van der Waals surface area contributed by atoms with Crippen LogP contribution in [0.3, 0.4) is 0 Å². The largest absolute Gasteiger partial charge is 0.342 e. The smallest absolute Gasteiger partial charge is 0.230 e. The summed E-state index contributed by atoms with van der Waals surface area (Å²) in [5.74, 6) is 0.284. The van der Waals surface area contributed by atoms with Crippen LogP contribution in [0.25, 0.3) is 0 Å². The summed E-state index contributed by atoms with van der Waals surface area (Å²) in [5.41, 5.74) is 2.28. The minimum absolute atomic E-state index is 0.00691. The molecule has 1 aromatic rings. The Balaban J connectivity index is 1.71. The van der Waals surface area contributed by atoms with Gasteiger partial charge in [-0.05, 0) is 46.1 Å². The van der Waals surface area contributed by atoms with Crippen molar-refractivity contribution in [3.63, 3.8) is 0 Å². The molecule has 1 aliphatic carbocycles. The van der Waals surface area contributed by atoms with Crippen LogP contribution in [0.4, 0.5) is 0 Å². The van der Waals surface area contributed by atoms with E-state index in [-0.39, 0.29) is 11.8 Å². The van der Waals surface area contributed by atoms with Crippen LogP contribution in [0.15, 0.2) is 6.20 Å². The molecule has 21 heavy (non-hydrogen) atoms. The van der Waals surface area contributed by atoms with E-state index < -0.39 is 0 Å². The van der Waals surface area contributed by atoms with Crippen molar-refractivity contribution < 1.29 is 4.79 Å². The highest BCUT2D eigenvalue weighted by molar-refractivity contribution is 5.84. The van der Waals surface area contributed by atoms with Gasteiger partial charge in [-0.25, -0.2) is 0 Å². The third kappa shape index (κ3) is 2.71. The Bertz CT molecular complexity index is 512. The highest BCUT2D eigenvalue weighted by Crippen LogP contribution is 2.33. The fraction of sp³-hybridized carbons (Fsp3) is 0.750. The molecule has 3 atom stereocenters. The standard InChI is InChI=1S/C16H26N4O/c1-11-9-12(7-8-19(11)2)20(3)16(21)13-5-4-6-15-14(13)10-17-18-15/h10-13H,4-9H2,1-3H3,(H,17,18). The van der Waals surface area contributed by atoms with Gasteiger partial charge in [-0.2, -0.15) is 5.10 Å². The van der Waals surface area contributed by atoms with Gasteiger partial charge in [-0.15, -0.1) is 0 Å². The van der Waals surface area contributed by atoms with Gasteiger partial charge < -0.3 is 9.80 Å². The Morgan fingerprint density at radius 3 is 3.05 bits per heavy atom. The van der Waals surface area contributed by atoms with Crippen molar-refractivity contribution in [2.45, 2.75) is 57.0 Å². The lowest BCUT2D eigenvalue weighted by Gasteiger charge is -2.40. The van der Waals surface area contributed by atoms with Gasteiger partial charge in [-0.1, -0.05) is 0 Å². The van der Waals surface area contributed by atoms with Gasteiger partial charge in [0.2, 0.25) is 5.91 Å². The van der Waals surface area contributed by atoms with Crippen molar-refractivity contribution in [2.75, 3.05) is 20.6 Å². The third-order valence-corrected chi connectivity index (χ3v) is 5.42. The fourth-order valence-corrected chi connectivity index (χ4v) is 3.76. The second-order valence-corrected chi connectivity index (χ2v) is 6.71. The van der Waals surface area contributed by atoms with Crippen LogP contribution in [0.1, 0.15) is 49.8 Å². The molecule has 1 N–H and O–H groups in total. The molecule has 0 bridgehead atoms. The van der Waals surface area contributed by atoms with Gasteiger partial charge in [0.05, 0.1) is 12.1 Å². The molecule has 1 amide bonds. The number of carbonyl (C=O) groups excluding carboxylic acids is 1. The van der Waals surface area contributed by atoms with Crippen molar-refractivity contribution in [2.24, 2.45) is 0 Å². The zero-order chi connectivity index (χ0) is 15.0. The molecule has 0 aromatic carbocycles. The average Bonchev–Trinajstić information content (AvgIpc) is 2.97. The van der Waals surface area contributed by atoms with Crippen molar-refractivity contribution in [3.05, 3.63) is 17.5 Å². The SMILES string of the molecule is CC1CC(N(C)C(=O)C2CCCc3[nH]ncc32)CCN1C. The third-order valence-electron chi connectivity index (χ3n) is 5.42. The number of rotatable bonds is 2. The lowest BCUT2D eigenvalue weighted by molar-refractivity contribution is -0.135. The number of aromatic nitrogens is 2. The van der Waals surface area contributed by atoms with Crippen molar-refractivity contribution >= 4 is 5.91 Å². The summed E-state index contributed by atoms with van der Waals surface area (Å²) in [5, 5.41) is 7.17. The number of H-pyrrole nitrogens is 1. The van der Waals surface area contributed by atoms with Crippen LogP contribution in [-0.2, 0) is 11.2 Å². The number of amides is 1. The van der Waals surface area contributed by atoms with Crippen LogP contribution < -0.4 is 0 Å². The maximum Gasteiger partial charge on any atom is 0.230 e. The van der Waals surface area contributed by atoms with Crippen molar-refractivity contribution in [3.8, 4) is 0 Å². The van der Waals surface area contributed by atoms with E-state index >= 15 is 0 Å². The predicted molar refractivity (Wildman–Crippen MR) is 82.2 cm³/mol. The molecule has 5 heteroatoms. The molecule has 3 unspecified atom stereocenters. The monoisotopic (exact) mass is 290 g/mol. The Labute approximate surface area is 126 Å². The summed E-state index contributed by atoms with van der Waals surface area (Å²) >= 11 is 0. The molecule has 2 heterocycles. The molecule has 116 valence electrons. The number of hydrogen-bond donors (Lipinski definition) is 1. The Morgan fingerprint density at radius 1 is 1.48 bits per heavy atom. The molecule has 0 saturated carbocycles. The van der Waals surface area contributed by atoms with E-state index in [4.69, 9.17) is 0 Å². The first-order chi connectivity index (χ1) is 10.1. The molecule has 1 aromatic heterocycles. The first-order valence-corrected chi connectivity index (χ1v) is 8.07. The molecule has 1 fully saturated rings. The van der Waals surface area contributed by atoms with E-state index in [0.717, 1.165) is 49.9 Å². The number of hydrogen-bond acceptors (Lipinski definition) is 3. The van der Waals surface area contributed by atoms with Gasteiger partial charge in [0.1, 0.15) is 0 Å². The van der Waals surface area contributed by atoms with Gasteiger partial charge in [0.25, 0.3) is 0 Å². The first kappa shape index (κ1) is 14.6. The van der Waals surface area contributed by atoms with Crippen LogP contribution in [-0.4, -0.2) is 58.6 Å². The maximum atomic E-state index is 12.9. The van der Waals surface area contributed by atoms with Gasteiger partial charge in [0, 0.05) is 36.9 Å². The Kier molecular flexibility index (Phi) is 4.02. The molecule has 3 rings (SSSR count). The zero-order valence-electron chi connectivity index (χ0n) is 13.3. The first-order valence-electron chi connectivity index (χ1n) is 8.07. The molecular formula is C16H26N4O. The van der Waals surface area contributed by atoms with E-state index in [0.29, 0.717) is 12.1 Å². The summed E-state index contributed by atoms with van der Waals surface area (Å²) in [6.07, 6.45) is 7.05. The number of piperidine rings is 1. The quantitative estimate of drug-likeness (QED) is 0.903. The summed E-state index contributed by atoms with van der Waals surface area (Å²) in [6, 6.07) is 0.927. The summed E-state index contributed by atoms with van der Waals surface area (Å²) in [7, 11) is 4.15. The minimum atomic E-state index is 0.00691. The lowest BCUT2D eigenvalue weighted by atomic mass is 9.85. The fourth-order valence-electron chi connectivity index (χ4n) is 3.76. The van der Waals surface area contributed by atoms with Gasteiger partial charge in [0.15, 0.2) is 0 Å². The topological polar surface area (TPSA) is 52.2 Å². The molecule has 1 saturated heterocycles. The van der Waals surface area contributed by atoms with E-state index in [2.05, 4.69) is 29.1 Å². The molecular weight excluding hydrogens is 264 g/mol. The van der Waals surface area contributed by atoms with Crippen molar-refractivity contribution in [1.82, 2.24) is 20.0 Å². The van der Waals surface area contributed by atoms with Crippen molar-refractivity contribution in [1.29, 1.82) is 0 Å². The molecule has 1 aliphatic heterocycles. The van der Waals surface area contributed by atoms with E-state index in [1.54, 1.807) is 0 Å². The number of fused-ring (bicyclic) bond motifs is 1. The average molecular weight is 290 g/mol. The Morgan fingerprint density at radius 2 is 2.29 bits per heavy atom. The molecule has 0 spiro atoms. The number of aryl methyl sites for hydroxylation is 1. The van der Waals surface area contributed by atoms with Crippen LogP contribution in [0.5, 0.6) is 0 Å². The van der Waals surface area contributed by atoms with Gasteiger partial charge in [-0.3, -0.25) is 9.89 Å². The highest BCUT2D eigenvalue weighted by Gasteiger charge is 2.34. The molecule has 5 nitrogen and oxygen atoms in total. The minimum Gasteiger partial charge on any atom is -0.342 e. The predicted octanol–water partition coefficient (Wildman–Crippen LogP) is 1.77. The highest BCUT2D eigenvalue weighted by atomic mass is 16.2. The summed E-state index contributed by atoms with van der Waals surface area (Å²) in [4.78, 5) is 17.3. The van der Waals surface area contributed by atoms with Crippen LogP contribution in [0, 0.1) is 0 Å². The van der Waals surface area contributed by atoms with E-state index in [9.17, 15) is 4.79 Å². The number of nitrogens with one attached hydrogen (secondary N) is 1.